The zero-order valence-corrected chi connectivity index (χ0v) is 13.1. The van der Waals surface area contributed by atoms with Crippen LogP contribution in [0.1, 0.15) is 46.2 Å². The van der Waals surface area contributed by atoms with Crippen molar-refractivity contribution in [2.45, 2.75) is 32.2 Å². The lowest BCUT2D eigenvalue weighted by Crippen LogP contribution is -2.32. The molecule has 1 aliphatic carbocycles. The van der Waals surface area contributed by atoms with Crippen LogP contribution in [0.25, 0.3) is 0 Å². The molecule has 1 heterocycles. The summed E-state index contributed by atoms with van der Waals surface area (Å²) in [7, 11) is 1.55. The van der Waals surface area contributed by atoms with Crippen LogP contribution in [0.5, 0.6) is 0 Å². The lowest BCUT2D eigenvalue weighted by molar-refractivity contribution is -0.385. The van der Waals surface area contributed by atoms with Crippen molar-refractivity contribution in [1.82, 2.24) is 15.1 Å². The van der Waals surface area contributed by atoms with E-state index < -0.39 is 10.8 Å². The molecular formula is C16H18N4O3. The molecule has 1 aliphatic rings. The fraction of sp³-hybridized carbons (Fsp3) is 0.375. The van der Waals surface area contributed by atoms with Crippen LogP contribution < -0.4 is 5.32 Å². The number of nitrogens with zero attached hydrogens (tertiary/aromatic N) is 3. The lowest BCUT2D eigenvalue weighted by atomic mass is 9.87. The van der Waals surface area contributed by atoms with Crippen molar-refractivity contribution in [2.75, 3.05) is 0 Å². The Bertz CT molecular complexity index is 782. The van der Waals surface area contributed by atoms with Gasteiger partial charge in [-0.25, -0.2) is 0 Å². The van der Waals surface area contributed by atoms with Crippen LogP contribution in [-0.2, 0) is 13.5 Å². The third-order valence-corrected chi connectivity index (χ3v) is 4.26. The Morgan fingerprint density at radius 2 is 2.17 bits per heavy atom. The molecule has 7 nitrogen and oxygen atoms in total. The number of benzene rings is 1. The first kappa shape index (κ1) is 15.2. The summed E-state index contributed by atoms with van der Waals surface area (Å²) in [5, 5.41) is 18.2. The van der Waals surface area contributed by atoms with E-state index in [1.807, 2.05) is 18.2 Å². The van der Waals surface area contributed by atoms with Crippen LogP contribution in [-0.4, -0.2) is 20.6 Å². The van der Waals surface area contributed by atoms with Gasteiger partial charge in [-0.05, 0) is 37.3 Å². The van der Waals surface area contributed by atoms with E-state index in [1.165, 1.54) is 17.2 Å². The van der Waals surface area contributed by atoms with Crippen LogP contribution in [0.15, 0.2) is 24.3 Å². The molecule has 0 fully saturated rings. The number of amides is 1. The number of fused-ring (bicyclic) bond motifs is 1. The third kappa shape index (κ3) is 2.69. The highest BCUT2D eigenvalue weighted by atomic mass is 16.6. The van der Waals surface area contributed by atoms with Gasteiger partial charge in [0, 0.05) is 7.05 Å². The van der Waals surface area contributed by atoms with Gasteiger partial charge in [-0.3, -0.25) is 19.6 Å². The molecule has 0 bridgehead atoms. The molecule has 7 heteroatoms. The van der Waals surface area contributed by atoms with Gasteiger partial charge in [0.1, 0.15) is 5.69 Å². The van der Waals surface area contributed by atoms with Crippen LogP contribution in [0.2, 0.25) is 0 Å². The first-order chi connectivity index (χ1) is 11.0. The molecule has 1 aromatic carbocycles. The molecular weight excluding hydrogens is 296 g/mol. The van der Waals surface area contributed by atoms with Gasteiger partial charge in [-0.2, -0.15) is 5.10 Å². The fourth-order valence-electron chi connectivity index (χ4n) is 3.25. The summed E-state index contributed by atoms with van der Waals surface area (Å²) in [6.07, 6.45) is 2.80. The molecule has 0 radical (unpaired) electrons. The Morgan fingerprint density at radius 3 is 2.91 bits per heavy atom. The first-order valence-corrected chi connectivity index (χ1v) is 7.55. The molecule has 1 N–H and O–H groups in total. The Balaban J connectivity index is 1.91. The number of aromatic nitrogens is 2. The van der Waals surface area contributed by atoms with Gasteiger partial charge in [-0.1, -0.05) is 24.3 Å². The zero-order valence-electron chi connectivity index (χ0n) is 13.1. The monoisotopic (exact) mass is 314 g/mol. The van der Waals surface area contributed by atoms with Crippen LogP contribution in [0.3, 0.4) is 0 Å². The molecule has 23 heavy (non-hydrogen) atoms. The van der Waals surface area contributed by atoms with Gasteiger partial charge < -0.3 is 5.32 Å². The predicted octanol–water partition coefficient (Wildman–Crippen LogP) is 2.44. The normalized spacial score (nSPS) is 16.7. The maximum absolute atomic E-state index is 12.6. The number of carbonyl (C=O) groups excluding carboxylic acids is 1. The average Bonchev–Trinajstić information content (AvgIpc) is 2.82. The Morgan fingerprint density at radius 1 is 1.43 bits per heavy atom. The van der Waals surface area contributed by atoms with E-state index in [1.54, 1.807) is 7.05 Å². The fourth-order valence-corrected chi connectivity index (χ4v) is 3.25. The topological polar surface area (TPSA) is 90.1 Å². The van der Waals surface area contributed by atoms with Gasteiger partial charge in [0.2, 0.25) is 5.69 Å². The van der Waals surface area contributed by atoms with Crippen molar-refractivity contribution in [3.63, 3.8) is 0 Å². The summed E-state index contributed by atoms with van der Waals surface area (Å²) in [5.74, 6) is -0.457. The zero-order chi connectivity index (χ0) is 16.6. The highest BCUT2D eigenvalue weighted by Crippen LogP contribution is 2.30. The second kappa shape index (κ2) is 5.83. The molecule has 2 aromatic rings. The minimum absolute atomic E-state index is 0.00412. The molecule has 1 atom stereocenters. The largest absolute Gasteiger partial charge is 0.344 e. The molecule has 0 aliphatic heterocycles. The van der Waals surface area contributed by atoms with E-state index in [0.29, 0.717) is 0 Å². The quantitative estimate of drug-likeness (QED) is 0.696. The maximum atomic E-state index is 12.6. The van der Waals surface area contributed by atoms with Crippen LogP contribution >= 0.6 is 0 Å². The average molecular weight is 314 g/mol. The summed E-state index contributed by atoms with van der Waals surface area (Å²) in [6, 6.07) is 7.87. The van der Waals surface area contributed by atoms with Crippen LogP contribution in [0, 0.1) is 17.0 Å². The minimum Gasteiger partial charge on any atom is -0.344 e. The third-order valence-electron chi connectivity index (χ3n) is 4.26. The summed E-state index contributed by atoms with van der Waals surface area (Å²) in [6.45, 7) is 1.53. The van der Waals surface area contributed by atoms with Gasteiger partial charge in [0.15, 0.2) is 0 Å². The lowest BCUT2D eigenvalue weighted by Gasteiger charge is -2.26. The van der Waals surface area contributed by atoms with E-state index in [-0.39, 0.29) is 23.1 Å². The van der Waals surface area contributed by atoms with E-state index in [4.69, 9.17) is 0 Å². The Kier molecular flexibility index (Phi) is 3.85. The minimum atomic E-state index is -0.550. The summed E-state index contributed by atoms with van der Waals surface area (Å²) in [5.41, 5.74) is 2.32. The van der Waals surface area contributed by atoms with Gasteiger partial charge in [0.05, 0.1) is 11.0 Å². The molecule has 0 unspecified atom stereocenters. The summed E-state index contributed by atoms with van der Waals surface area (Å²) < 4.78 is 1.28. The first-order valence-electron chi connectivity index (χ1n) is 7.55. The van der Waals surface area contributed by atoms with Crippen molar-refractivity contribution in [3.8, 4) is 0 Å². The summed E-state index contributed by atoms with van der Waals surface area (Å²) in [4.78, 5) is 23.3. The van der Waals surface area contributed by atoms with E-state index in [9.17, 15) is 14.9 Å². The Labute approximate surface area is 133 Å². The van der Waals surface area contributed by atoms with Crippen molar-refractivity contribution in [1.29, 1.82) is 0 Å². The SMILES string of the molecule is Cc1nn(C)c(C(=O)N[C@@H]2CCCc3ccccc32)c1[N+](=O)[O-]. The highest BCUT2D eigenvalue weighted by molar-refractivity contribution is 5.97. The molecule has 3 rings (SSSR count). The van der Waals surface area contributed by atoms with Gasteiger partial charge in [0.25, 0.3) is 5.91 Å². The van der Waals surface area contributed by atoms with Crippen molar-refractivity contribution in [3.05, 3.63) is 56.9 Å². The number of hydrogen-bond acceptors (Lipinski definition) is 4. The Hall–Kier alpha value is -2.70. The van der Waals surface area contributed by atoms with Crippen LogP contribution in [0.4, 0.5) is 5.69 Å². The molecule has 1 amide bonds. The highest BCUT2D eigenvalue weighted by Gasteiger charge is 2.31. The van der Waals surface area contributed by atoms with Gasteiger partial charge >= 0.3 is 5.69 Å². The van der Waals surface area contributed by atoms with Crippen molar-refractivity contribution >= 4 is 11.6 Å². The standard InChI is InChI=1S/C16H18N4O3/c1-10-14(20(22)23)15(19(2)18-10)16(21)17-13-9-5-7-11-6-3-4-8-12(11)13/h3-4,6,8,13H,5,7,9H2,1-2H3,(H,17,21)/t13-/m1/s1. The molecule has 0 spiro atoms. The molecule has 0 saturated heterocycles. The number of hydrogen-bond donors (Lipinski definition) is 1. The van der Waals surface area contributed by atoms with E-state index in [0.717, 1.165) is 24.8 Å². The second-order valence-corrected chi connectivity index (χ2v) is 5.78. The molecule has 0 saturated carbocycles. The number of rotatable bonds is 3. The number of nitrogens with one attached hydrogen (secondary N) is 1. The number of carbonyl (C=O) groups is 1. The number of nitro groups is 1. The number of aryl methyl sites for hydroxylation is 3. The second-order valence-electron chi connectivity index (χ2n) is 5.78. The predicted molar refractivity (Wildman–Crippen MR) is 84.2 cm³/mol. The van der Waals surface area contributed by atoms with Gasteiger partial charge in [-0.15, -0.1) is 0 Å². The van der Waals surface area contributed by atoms with E-state index >= 15 is 0 Å². The molecule has 120 valence electrons. The van der Waals surface area contributed by atoms with E-state index in [2.05, 4.69) is 16.5 Å². The van der Waals surface area contributed by atoms with Crippen molar-refractivity contribution in [2.24, 2.45) is 7.05 Å². The van der Waals surface area contributed by atoms with Crippen molar-refractivity contribution < 1.29 is 9.72 Å². The maximum Gasteiger partial charge on any atom is 0.322 e. The smallest absolute Gasteiger partial charge is 0.322 e. The summed E-state index contributed by atoms with van der Waals surface area (Å²) >= 11 is 0. The molecule has 1 aromatic heterocycles.